The highest BCUT2D eigenvalue weighted by Crippen LogP contribution is 2.37. The Hall–Kier alpha value is -1.06. The van der Waals surface area contributed by atoms with Gasteiger partial charge in [0.1, 0.15) is 5.75 Å². The lowest BCUT2D eigenvalue weighted by Crippen LogP contribution is -2.34. The third-order valence-corrected chi connectivity index (χ3v) is 4.25. The third-order valence-electron chi connectivity index (χ3n) is 4.25. The van der Waals surface area contributed by atoms with Gasteiger partial charge in [0.2, 0.25) is 0 Å². The lowest BCUT2D eigenvalue weighted by atomic mass is 9.87. The van der Waals surface area contributed by atoms with E-state index in [9.17, 15) is 5.11 Å². The molecule has 0 amide bonds. The van der Waals surface area contributed by atoms with Crippen molar-refractivity contribution in [1.82, 2.24) is 5.32 Å². The molecule has 0 saturated heterocycles. The fourth-order valence-electron chi connectivity index (χ4n) is 3.02. The number of aryl methyl sites for hydroxylation is 1. The molecule has 3 heteroatoms. The van der Waals surface area contributed by atoms with Crippen molar-refractivity contribution < 1.29 is 9.84 Å². The van der Waals surface area contributed by atoms with Gasteiger partial charge in [-0.3, -0.25) is 0 Å². The predicted molar refractivity (Wildman–Crippen MR) is 77.4 cm³/mol. The lowest BCUT2D eigenvalue weighted by Gasteiger charge is -2.27. The highest BCUT2D eigenvalue weighted by molar-refractivity contribution is 5.36. The molecule has 1 aromatic rings. The van der Waals surface area contributed by atoms with Gasteiger partial charge < -0.3 is 15.2 Å². The van der Waals surface area contributed by atoms with E-state index in [2.05, 4.69) is 24.4 Å². The fourth-order valence-corrected chi connectivity index (χ4v) is 3.02. The summed E-state index contributed by atoms with van der Waals surface area (Å²) in [4.78, 5) is 0. The molecular formula is C16H25NO2. The van der Waals surface area contributed by atoms with E-state index in [1.807, 2.05) is 6.07 Å². The van der Waals surface area contributed by atoms with Gasteiger partial charge in [-0.1, -0.05) is 30.5 Å². The van der Waals surface area contributed by atoms with Crippen LogP contribution in [0.2, 0.25) is 0 Å². The molecule has 0 atom stereocenters. The van der Waals surface area contributed by atoms with Gasteiger partial charge in [-0.05, 0) is 25.8 Å². The van der Waals surface area contributed by atoms with Crippen LogP contribution in [0, 0.1) is 12.3 Å². The molecule has 1 fully saturated rings. The SMILES string of the molecule is COc1ccc(C)cc1CNCC1(CO)CCCC1. The molecule has 19 heavy (non-hydrogen) atoms. The van der Waals surface area contributed by atoms with Crippen LogP contribution in [0.5, 0.6) is 5.75 Å². The van der Waals surface area contributed by atoms with Gasteiger partial charge in [-0.25, -0.2) is 0 Å². The summed E-state index contributed by atoms with van der Waals surface area (Å²) in [7, 11) is 1.71. The number of methoxy groups -OCH3 is 1. The second-order valence-corrected chi connectivity index (χ2v) is 5.78. The molecule has 0 heterocycles. The molecule has 0 radical (unpaired) electrons. The van der Waals surface area contributed by atoms with E-state index in [-0.39, 0.29) is 5.41 Å². The Kier molecular flexibility index (Phi) is 4.83. The number of hydrogen-bond donors (Lipinski definition) is 2. The van der Waals surface area contributed by atoms with Gasteiger partial charge >= 0.3 is 0 Å². The van der Waals surface area contributed by atoms with E-state index < -0.39 is 0 Å². The second kappa shape index (κ2) is 6.40. The zero-order valence-corrected chi connectivity index (χ0v) is 12.0. The number of rotatable bonds is 6. The van der Waals surface area contributed by atoms with Crippen LogP contribution in [0.25, 0.3) is 0 Å². The number of ether oxygens (including phenoxy) is 1. The topological polar surface area (TPSA) is 41.5 Å². The van der Waals surface area contributed by atoms with Gasteiger partial charge in [0, 0.05) is 30.7 Å². The molecule has 1 aromatic carbocycles. The van der Waals surface area contributed by atoms with Crippen LogP contribution in [0.1, 0.15) is 36.8 Å². The van der Waals surface area contributed by atoms with Crippen LogP contribution in [0.4, 0.5) is 0 Å². The van der Waals surface area contributed by atoms with E-state index in [0.717, 1.165) is 31.7 Å². The molecule has 2 N–H and O–H groups in total. The summed E-state index contributed by atoms with van der Waals surface area (Å²) in [6.07, 6.45) is 4.77. The Morgan fingerprint density at radius 1 is 1.32 bits per heavy atom. The number of hydrogen-bond acceptors (Lipinski definition) is 3. The molecule has 0 aliphatic heterocycles. The van der Waals surface area contributed by atoms with Crippen molar-refractivity contribution in [2.24, 2.45) is 5.41 Å². The summed E-state index contributed by atoms with van der Waals surface area (Å²) < 4.78 is 5.38. The molecule has 0 bridgehead atoms. The maximum atomic E-state index is 9.59. The summed E-state index contributed by atoms with van der Waals surface area (Å²) in [6.45, 7) is 4.08. The largest absolute Gasteiger partial charge is 0.496 e. The Labute approximate surface area is 116 Å². The monoisotopic (exact) mass is 263 g/mol. The van der Waals surface area contributed by atoms with Crippen LogP contribution >= 0.6 is 0 Å². The zero-order chi connectivity index (χ0) is 13.7. The molecule has 106 valence electrons. The summed E-state index contributed by atoms with van der Waals surface area (Å²) in [5.41, 5.74) is 2.54. The first-order valence-corrected chi connectivity index (χ1v) is 7.14. The van der Waals surface area contributed by atoms with Crippen LogP contribution < -0.4 is 10.1 Å². The van der Waals surface area contributed by atoms with Gasteiger partial charge in [-0.15, -0.1) is 0 Å². The molecule has 0 spiro atoms. The second-order valence-electron chi connectivity index (χ2n) is 5.78. The standard InChI is InChI=1S/C16H25NO2/c1-13-5-6-15(19-2)14(9-13)10-17-11-16(12-18)7-3-4-8-16/h5-6,9,17-18H,3-4,7-8,10-12H2,1-2H3. The highest BCUT2D eigenvalue weighted by atomic mass is 16.5. The molecule has 2 rings (SSSR count). The minimum atomic E-state index is 0.108. The number of nitrogens with one attached hydrogen (secondary N) is 1. The first-order valence-electron chi connectivity index (χ1n) is 7.14. The smallest absolute Gasteiger partial charge is 0.123 e. The van der Waals surface area contributed by atoms with Crippen molar-refractivity contribution in [1.29, 1.82) is 0 Å². The number of benzene rings is 1. The average Bonchev–Trinajstić information content (AvgIpc) is 2.88. The van der Waals surface area contributed by atoms with Gasteiger partial charge in [0.05, 0.1) is 7.11 Å². The van der Waals surface area contributed by atoms with E-state index in [1.165, 1.54) is 24.0 Å². The maximum Gasteiger partial charge on any atom is 0.123 e. The zero-order valence-electron chi connectivity index (χ0n) is 12.0. The van der Waals surface area contributed by atoms with Gasteiger partial charge in [0.15, 0.2) is 0 Å². The molecule has 0 unspecified atom stereocenters. The molecule has 0 aromatic heterocycles. The summed E-state index contributed by atoms with van der Waals surface area (Å²) in [6, 6.07) is 6.24. The van der Waals surface area contributed by atoms with Crippen molar-refractivity contribution in [3.63, 3.8) is 0 Å². The van der Waals surface area contributed by atoms with Crippen molar-refractivity contribution in [2.75, 3.05) is 20.3 Å². The van der Waals surface area contributed by atoms with E-state index >= 15 is 0 Å². The van der Waals surface area contributed by atoms with E-state index in [4.69, 9.17) is 4.74 Å². The minimum absolute atomic E-state index is 0.108. The van der Waals surface area contributed by atoms with Crippen LogP contribution in [0.15, 0.2) is 18.2 Å². The Balaban J connectivity index is 1.93. The maximum absolute atomic E-state index is 9.59. The fraction of sp³-hybridized carbons (Fsp3) is 0.625. The minimum Gasteiger partial charge on any atom is -0.496 e. The molecule has 3 nitrogen and oxygen atoms in total. The van der Waals surface area contributed by atoms with Crippen LogP contribution in [-0.2, 0) is 6.54 Å². The quantitative estimate of drug-likeness (QED) is 0.829. The van der Waals surface area contributed by atoms with Crippen molar-refractivity contribution in [3.8, 4) is 5.75 Å². The van der Waals surface area contributed by atoms with Crippen LogP contribution in [0.3, 0.4) is 0 Å². The summed E-state index contributed by atoms with van der Waals surface area (Å²) in [5, 5.41) is 13.1. The molecule has 1 aliphatic rings. The predicted octanol–water partition coefficient (Wildman–Crippen LogP) is 2.65. The van der Waals surface area contributed by atoms with E-state index in [0.29, 0.717) is 6.61 Å². The first kappa shape index (κ1) is 14.4. The van der Waals surface area contributed by atoms with Crippen molar-refractivity contribution in [3.05, 3.63) is 29.3 Å². The average molecular weight is 263 g/mol. The summed E-state index contributed by atoms with van der Waals surface area (Å²) in [5.74, 6) is 0.933. The van der Waals surface area contributed by atoms with Gasteiger partial charge in [-0.2, -0.15) is 0 Å². The molecular weight excluding hydrogens is 238 g/mol. The van der Waals surface area contributed by atoms with Gasteiger partial charge in [0.25, 0.3) is 0 Å². The lowest BCUT2D eigenvalue weighted by molar-refractivity contribution is 0.128. The van der Waals surface area contributed by atoms with Crippen molar-refractivity contribution in [2.45, 2.75) is 39.2 Å². The Morgan fingerprint density at radius 3 is 2.68 bits per heavy atom. The first-order chi connectivity index (χ1) is 9.19. The highest BCUT2D eigenvalue weighted by Gasteiger charge is 2.32. The van der Waals surface area contributed by atoms with Crippen LogP contribution in [-0.4, -0.2) is 25.4 Å². The normalized spacial score (nSPS) is 17.6. The number of aliphatic hydroxyl groups is 1. The Morgan fingerprint density at radius 2 is 2.05 bits per heavy atom. The van der Waals surface area contributed by atoms with E-state index in [1.54, 1.807) is 7.11 Å². The molecule has 1 aliphatic carbocycles. The Bertz CT molecular complexity index is 411. The number of aliphatic hydroxyl groups excluding tert-OH is 1. The molecule has 1 saturated carbocycles. The van der Waals surface area contributed by atoms with Crippen molar-refractivity contribution >= 4 is 0 Å². The third kappa shape index (κ3) is 3.48. The summed E-state index contributed by atoms with van der Waals surface area (Å²) >= 11 is 0.